The van der Waals surface area contributed by atoms with E-state index < -0.39 is 0 Å². The molecule has 0 bridgehead atoms. The molecule has 1 aromatic rings. The zero-order chi connectivity index (χ0) is 13.0. The Hall–Kier alpha value is -1.10. The fourth-order valence-corrected chi connectivity index (χ4v) is 2.40. The number of hydrogen-bond acceptors (Lipinski definition) is 3. The van der Waals surface area contributed by atoms with Crippen LogP contribution in [-0.4, -0.2) is 55.5 Å². The van der Waals surface area contributed by atoms with E-state index in [9.17, 15) is 0 Å². The Labute approximate surface area is 108 Å². The molecule has 5 heteroatoms. The van der Waals surface area contributed by atoms with Gasteiger partial charge in [-0.25, -0.2) is 4.98 Å². The molecule has 0 radical (unpaired) electrons. The van der Waals surface area contributed by atoms with Gasteiger partial charge in [-0.1, -0.05) is 6.92 Å². The van der Waals surface area contributed by atoms with E-state index in [4.69, 9.17) is 0 Å². The molecule has 1 atom stereocenters. The maximum Gasteiger partial charge on any atom is 0.195 e. The highest BCUT2D eigenvalue weighted by atomic mass is 32.1. The van der Waals surface area contributed by atoms with E-state index in [-0.39, 0.29) is 0 Å². The molecular weight excluding hydrogens is 232 g/mol. The molecule has 17 heavy (non-hydrogen) atoms. The maximum atomic E-state index is 4.64. The Kier molecular flexibility index (Phi) is 4.93. The molecule has 1 heterocycles. The molecule has 0 fully saturated rings. The lowest BCUT2D eigenvalue weighted by Gasteiger charge is -2.23. The third-order valence-electron chi connectivity index (χ3n) is 2.37. The van der Waals surface area contributed by atoms with Crippen molar-refractivity contribution in [3.8, 4) is 0 Å². The summed E-state index contributed by atoms with van der Waals surface area (Å²) in [6, 6.07) is 0. The molecule has 1 rings (SSSR count). The van der Waals surface area contributed by atoms with Gasteiger partial charge < -0.3 is 9.80 Å². The highest BCUT2D eigenvalue weighted by molar-refractivity contribution is 7.11. The van der Waals surface area contributed by atoms with Crippen LogP contribution in [0.3, 0.4) is 0 Å². The molecule has 96 valence electrons. The van der Waals surface area contributed by atoms with Gasteiger partial charge in [0.1, 0.15) is 0 Å². The normalized spacial score (nSPS) is 12.1. The monoisotopic (exact) mass is 254 g/mol. The SMILES string of the molecule is Cc1cnc(C(C)CN=C(N(C)C)N(C)C)s1. The van der Waals surface area contributed by atoms with Crippen LogP contribution in [0.15, 0.2) is 11.2 Å². The fraction of sp³-hybridized carbons (Fsp3) is 0.667. The summed E-state index contributed by atoms with van der Waals surface area (Å²) in [5.41, 5.74) is 0. The van der Waals surface area contributed by atoms with E-state index in [2.05, 4.69) is 23.8 Å². The molecule has 0 aliphatic carbocycles. The van der Waals surface area contributed by atoms with Crippen LogP contribution >= 0.6 is 11.3 Å². The molecule has 0 amide bonds. The summed E-state index contributed by atoms with van der Waals surface area (Å²) in [7, 11) is 8.04. The second kappa shape index (κ2) is 6.00. The van der Waals surface area contributed by atoms with Crippen molar-refractivity contribution in [1.82, 2.24) is 14.8 Å². The van der Waals surface area contributed by atoms with Crippen molar-refractivity contribution in [3.63, 3.8) is 0 Å². The van der Waals surface area contributed by atoms with Crippen LogP contribution in [0, 0.1) is 6.92 Å². The third kappa shape index (κ3) is 4.00. The predicted molar refractivity (Wildman–Crippen MR) is 74.9 cm³/mol. The second-order valence-corrected chi connectivity index (χ2v) is 5.91. The lowest BCUT2D eigenvalue weighted by molar-refractivity contribution is 0.477. The van der Waals surface area contributed by atoms with Crippen molar-refractivity contribution in [3.05, 3.63) is 16.1 Å². The average Bonchev–Trinajstić information content (AvgIpc) is 2.63. The summed E-state index contributed by atoms with van der Waals surface area (Å²) in [4.78, 5) is 14.4. The topological polar surface area (TPSA) is 31.7 Å². The molecule has 0 spiro atoms. The lowest BCUT2D eigenvalue weighted by Crippen LogP contribution is -2.35. The Balaban J connectivity index is 2.68. The van der Waals surface area contributed by atoms with Crippen molar-refractivity contribution in [2.24, 2.45) is 4.99 Å². The van der Waals surface area contributed by atoms with E-state index >= 15 is 0 Å². The number of aliphatic imine (C=N–C) groups is 1. The molecule has 0 aromatic carbocycles. The van der Waals surface area contributed by atoms with E-state index in [0.717, 1.165) is 12.5 Å². The average molecular weight is 254 g/mol. The minimum Gasteiger partial charge on any atom is -0.349 e. The van der Waals surface area contributed by atoms with Crippen molar-refractivity contribution in [1.29, 1.82) is 0 Å². The summed E-state index contributed by atoms with van der Waals surface area (Å²) in [6.07, 6.45) is 1.93. The van der Waals surface area contributed by atoms with Gasteiger partial charge >= 0.3 is 0 Å². The summed E-state index contributed by atoms with van der Waals surface area (Å²) in [6.45, 7) is 5.03. The Morgan fingerprint density at radius 3 is 2.35 bits per heavy atom. The fourth-order valence-electron chi connectivity index (χ4n) is 1.58. The molecule has 4 nitrogen and oxygen atoms in total. The number of aromatic nitrogens is 1. The Morgan fingerprint density at radius 2 is 1.94 bits per heavy atom. The summed E-state index contributed by atoms with van der Waals surface area (Å²) >= 11 is 1.76. The number of hydrogen-bond donors (Lipinski definition) is 0. The van der Waals surface area contributed by atoms with Crippen LogP contribution in [0.5, 0.6) is 0 Å². The van der Waals surface area contributed by atoms with E-state index in [1.165, 1.54) is 9.88 Å². The largest absolute Gasteiger partial charge is 0.349 e. The summed E-state index contributed by atoms with van der Waals surface area (Å²) in [5, 5.41) is 1.17. The minimum atomic E-state index is 0.378. The van der Waals surface area contributed by atoms with Gasteiger partial charge in [-0.15, -0.1) is 11.3 Å². The van der Waals surface area contributed by atoms with E-state index in [1.54, 1.807) is 11.3 Å². The molecule has 0 saturated carbocycles. The number of guanidine groups is 1. The summed E-state index contributed by atoms with van der Waals surface area (Å²) in [5.74, 6) is 1.37. The second-order valence-electron chi connectivity index (χ2n) is 4.64. The van der Waals surface area contributed by atoms with Crippen LogP contribution in [0.25, 0.3) is 0 Å². The van der Waals surface area contributed by atoms with Gasteiger partial charge in [-0.3, -0.25) is 4.99 Å². The number of nitrogens with zero attached hydrogens (tertiary/aromatic N) is 4. The Bertz CT molecular complexity index is 372. The number of aryl methyl sites for hydroxylation is 1. The highest BCUT2D eigenvalue weighted by Gasteiger charge is 2.10. The minimum absolute atomic E-state index is 0.378. The first kappa shape index (κ1) is 14.0. The molecule has 0 aliphatic rings. The molecule has 0 aliphatic heterocycles. The maximum absolute atomic E-state index is 4.64. The van der Waals surface area contributed by atoms with Crippen LogP contribution < -0.4 is 0 Å². The first-order valence-electron chi connectivity index (χ1n) is 5.73. The summed E-state index contributed by atoms with van der Waals surface area (Å²) < 4.78 is 0. The first-order chi connectivity index (χ1) is 7.91. The Morgan fingerprint density at radius 1 is 1.35 bits per heavy atom. The standard InChI is InChI=1S/C12H22N4S/c1-9(11-13-8-10(2)17-11)7-14-12(15(3)4)16(5)6/h8-9H,7H2,1-6H3. The van der Waals surface area contributed by atoms with Gasteiger partial charge in [0.2, 0.25) is 0 Å². The zero-order valence-corrected chi connectivity index (χ0v) is 12.4. The lowest BCUT2D eigenvalue weighted by atomic mass is 10.2. The van der Waals surface area contributed by atoms with E-state index in [1.807, 2.05) is 44.2 Å². The van der Waals surface area contributed by atoms with Crippen LogP contribution in [0.1, 0.15) is 22.7 Å². The molecular formula is C12H22N4S. The van der Waals surface area contributed by atoms with Gasteiger partial charge in [0.05, 0.1) is 11.6 Å². The molecule has 1 unspecified atom stereocenters. The highest BCUT2D eigenvalue weighted by Crippen LogP contribution is 2.21. The predicted octanol–water partition coefficient (Wildman–Crippen LogP) is 2.03. The van der Waals surface area contributed by atoms with Crippen molar-refractivity contribution in [2.75, 3.05) is 34.7 Å². The van der Waals surface area contributed by atoms with Gasteiger partial charge in [0.25, 0.3) is 0 Å². The van der Waals surface area contributed by atoms with Gasteiger partial charge in [0.15, 0.2) is 5.96 Å². The van der Waals surface area contributed by atoms with Gasteiger partial charge in [0, 0.05) is 45.2 Å². The zero-order valence-electron chi connectivity index (χ0n) is 11.6. The molecule has 1 aromatic heterocycles. The van der Waals surface area contributed by atoms with Gasteiger partial charge in [-0.05, 0) is 6.92 Å². The van der Waals surface area contributed by atoms with E-state index in [0.29, 0.717) is 5.92 Å². The molecule has 0 saturated heterocycles. The third-order valence-corrected chi connectivity index (χ3v) is 3.51. The first-order valence-corrected chi connectivity index (χ1v) is 6.55. The quantitative estimate of drug-likeness (QED) is 0.611. The van der Waals surface area contributed by atoms with Crippen molar-refractivity contribution < 1.29 is 0 Å². The van der Waals surface area contributed by atoms with Gasteiger partial charge in [-0.2, -0.15) is 0 Å². The van der Waals surface area contributed by atoms with Crippen molar-refractivity contribution >= 4 is 17.3 Å². The van der Waals surface area contributed by atoms with Crippen LogP contribution in [-0.2, 0) is 0 Å². The number of thiazole rings is 1. The van der Waals surface area contributed by atoms with Crippen LogP contribution in [0.2, 0.25) is 0 Å². The number of rotatable bonds is 3. The van der Waals surface area contributed by atoms with Crippen molar-refractivity contribution in [2.45, 2.75) is 19.8 Å². The van der Waals surface area contributed by atoms with Crippen LogP contribution in [0.4, 0.5) is 0 Å². The smallest absolute Gasteiger partial charge is 0.195 e. The molecule has 0 N–H and O–H groups in total.